The van der Waals surface area contributed by atoms with Gasteiger partial charge in [-0.2, -0.15) is 0 Å². The SMILES string of the molecule is Cl.O=C1CCN(C2CCN(C/C=C/c3ccccc3)CC2)C(=O)N1. The number of rotatable bonds is 4. The smallest absolute Gasteiger partial charge is 0.321 e. The summed E-state index contributed by atoms with van der Waals surface area (Å²) in [4.78, 5) is 27.3. The Kier molecular flexibility index (Phi) is 6.82. The minimum Gasteiger partial charge on any atom is -0.321 e. The van der Waals surface area contributed by atoms with Crippen LogP contribution in [0.2, 0.25) is 0 Å². The number of nitrogens with zero attached hydrogens (tertiary/aromatic N) is 2. The van der Waals surface area contributed by atoms with Crippen molar-refractivity contribution in [2.45, 2.75) is 25.3 Å². The molecule has 2 aliphatic heterocycles. The predicted molar refractivity (Wildman–Crippen MR) is 97.0 cm³/mol. The van der Waals surface area contributed by atoms with Crippen molar-refractivity contribution in [1.29, 1.82) is 0 Å². The van der Waals surface area contributed by atoms with Crippen LogP contribution in [0.25, 0.3) is 6.08 Å². The Hall–Kier alpha value is -1.85. The van der Waals surface area contributed by atoms with Gasteiger partial charge in [0.1, 0.15) is 0 Å². The highest BCUT2D eigenvalue weighted by molar-refractivity contribution is 5.96. The van der Waals surface area contributed by atoms with Crippen molar-refractivity contribution in [1.82, 2.24) is 15.1 Å². The van der Waals surface area contributed by atoms with E-state index in [4.69, 9.17) is 0 Å². The summed E-state index contributed by atoms with van der Waals surface area (Å²) in [5.74, 6) is -0.158. The Morgan fingerprint density at radius 2 is 1.79 bits per heavy atom. The molecule has 0 unspecified atom stereocenters. The van der Waals surface area contributed by atoms with Crippen LogP contribution < -0.4 is 5.32 Å². The van der Waals surface area contributed by atoms with Crippen LogP contribution in [0.5, 0.6) is 0 Å². The van der Waals surface area contributed by atoms with Crippen LogP contribution in [0.1, 0.15) is 24.8 Å². The van der Waals surface area contributed by atoms with Crippen LogP contribution in [-0.2, 0) is 4.79 Å². The van der Waals surface area contributed by atoms with Gasteiger partial charge < -0.3 is 4.90 Å². The van der Waals surface area contributed by atoms with E-state index in [-0.39, 0.29) is 30.4 Å². The molecule has 2 heterocycles. The molecule has 3 rings (SSSR count). The van der Waals surface area contributed by atoms with Crippen molar-refractivity contribution in [2.24, 2.45) is 0 Å². The number of piperidine rings is 1. The summed E-state index contributed by atoms with van der Waals surface area (Å²) in [5, 5.41) is 2.41. The van der Waals surface area contributed by atoms with Gasteiger partial charge in [-0.25, -0.2) is 4.79 Å². The van der Waals surface area contributed by atoms with Crippen LogP contribution in [0.4, 0.5) is 4.79 Å². The molecule has 5 nitrogen and oxygen atoms in total. The van der Waals surface area contributed by atoms with Crippen molar-refractivity contribution < 1.29 is 9.59 Å². The molecule has 1 aromatic rings. The van der Waals surface area contributed by atoms with Crippen LogP contribution in [-0.4, -0.2) is 54.0 Å². The summed E-state index contributed by atoms with van der Waals surface area (Å²) in [7, 11) is 0. The number of likely N-dealkylation sites (tertiary alicyclic amines) is 1. The molecule has 2 fully saturated rings. The zero-order valence-electron chi connectivity index (χ0n) is 13.7. The number of urea groups is 1. The summed E-state index contributed by atoms with van der Waals surface area (Å²) in [6, 6.07) is 10.3. The first-order valence-electron chi connectivity index (χ1n) is 8.27. The lowest BCUT2D eigenvalue weighted by Crippen LogP contribution is -2.55. The molecule has 1 N–H and O–H groups in total. The molecule has 6 heteroatoms. The first-order chi connectivity index (χ1) is 11.2. The summed E-state index contributed by atoms with van der Waals surface area (Å²) in [6.07, 6.45) is 6.71. The zero-order chi connectivity index (χ0) is 16.1. The lowest BCUT2D eigenvalue weighted by atomic mass is 10.0. The average Bonchev–Trinajstić information content (AvgIpc) is 2.57. The topological polar surface area (TPSA) is 52.7 Å². The number of carbonyl (C=O) groups excluding carboxylic acids is 2. The molecule has 130 valence electrons. The van der Waals surface area contributed by atoms with Crippen LogP contribution in [0.15, 0.2) is 36.4 Å². The van der Waals surface area contributed by atoms with Gasteiger partial charge in [0.2, 0.25) is 5.91 Å². The maximum Gasteiger partial charge on any atom is 0.324 e. The Bertz CT molecular complexity index is 583. The van der Waals surface area contributed by atoms with Gasteiger partial charge in [0.25, 0.3) is 0 Å². The van der Waals surface area contributed by atoms with Gasteiger partial charge in [-0.1, -0.05) is 42.5 Å². The molecule has 2 saturated heterocycles. The molecular formula is C18H24ClN3O2. The van der Waals surface area contributed by atoms with Crippen molar-refractivity contribution in [2.75, 3.05) is 26.2 Å². The third-order valence-corrected chi connectivity index (χ3v) is 4.56. The van der Waals surface area contributed by atoms with E-state index in [2.05, 4.69) is 34.5 Å². The van der Waals surface area contributed by atoms with Crippen LogP contribution >= 0.6 is 12.4 Å². The second-order valence-electron chi connectivity index (χ2n) is 6.14. The van der Waals surface area contributed by atoms with E-state index in [0.717, 1.165) is 32.5 Å². The third kappa shape index (κ3) is 4.82. The quantitative estimate of drug-likeness (QED) is 0.908. The maximum absolute atomic E-state index is 11.9. The Balaban J connectivity index is 0.00000208. The fourth-order valence-electron chi connectivity index (χ4n) is 3.24. The average molecular weight is 350 g/mol. The normalized spacial score (nSPS) is 20.1. The van der Waals surface area contributed by atoms with Crippen molar-refractivity contribution in [3.8, 4) is 0 Å². The molecule has 0 bridgehead atoms. The molecule has 0 saturated carbocycles. The molecule has 24 heavy (non-hydrogen) atoms. The maximum atomic E-state index is 11.9. The monoisotopic (exact) mass is 349 g/mol. The molecule has 3 amide bonds. The molecule has 0 aliphatic carbocycles. The van der Waals surface area contributed by atoms with Crippen molar-refractivity contribution >= 4 is 30.4 Å². The largest absolute Gasteiger partial charge is 0.324 e. The number of carbonyl (C=O) groups is 2. The van der Waals surface area contributed by atoms with Gasteiger partial charge in [-0.05, 0) is 18.4 Å². The lowest BCUT2D eigenvalue weighted by molar-refractivity contribution is -0.121. The van der Waals surface area contributed by atoms with Gasteiger partial charge in [0.15, 0.2) is 0 Å². The van der Waals surface area contributed by atoms with E-state index >= 15 is 0 Å². The molecule has 0 spiro atoms. The van der Waals surface area contributed by atoms with E-state index in [1.165, 1.54) is 5.56 Å². The standard InChI is InChI=1S/C18H23N3O2.ClH/c22-17-10-14-21(18(23)19-17)16-8-12-20(13-9-16)11-4-7-15-5-2-1-3-6-15;/h1-7,16H,8-14H2,(H,19,22,23);1H/b7-4+;. The summed E-state index contributed by atoms with van der Waals surface area (Å²) >= 11 is 0. The first kappa shape index (κ1) is 18.5. The summed E-state index contributed by atoms with van der Waals surface area (Å²) in [6.45, 7) is 3.47. The van der Waals surface area contributed by atoms with E-state index in [1.807, 2.05) is 23.1 Å². The van der Waals surface area contributed by atoms with Gasteiger partial charge in [0.05, 0.1) is 0 Å². The highest BCUT2D eigenvalue weighted by atomic mass is 35.5. The third-order valence-electron chi connectivity index (χ3n) is 4.56. The molecule has 0 radical (unpaired) electrons. The van der Waals surface area contributed by atoms with E-state index < -0.39 is 0 Å². The first-order valence-corrected chi connectivity index (χ1v) is 8.27. The number of imide groups is 1. The molecule has 0 aromatic heterocycles. The Morgan fingerprint density at radius 1 is 1.08 bits per heavy atom. The fraction of sp³-hybridized carbons (Fsp3) is 0.444. The number of hydrogen-bond donors (Lipinski definition) is 1. The lowest BCUT2D eigenvalue weighted by Gasteiger charge is -2.39. The molecule has 2 aliphatic rings. The Morgan fingerprint density at radius 3 is 2.46 bits per heavy atom. The van der Waals surface area contributed by atoms with Crippen LogP contribution in [0.3, 0.4) is 0 Å². The molecule has 0 atom stereocenters. The van der Waals surface area contributed by atoms with Gasteiger partial charge >= 0.3 is 6.03 Å². The number of amides is 3. The van der Waals surface area contributed by atoms with Gasteiger partial charge in [-0.15, -0.1) is 12.4 Å². The van der Waals surface area contributed by atoms with Crippen molar-refractivity contribution in [3.63, 3.8) is 0 Å². The minimum atomic E-state index is -0.219. The van der Waals surface area contributed by atoms with Gasteiger partial charge in [-0.3, -0.25) is 15.0 Å². The fourth-order valence-corrected chi connectivity index (χ4v) is 3.24. The number of halogens is 1. The van der Waals surface area contributed by atoms with Crippen molar-refractivity contribution in [3.05, 3.63) is 42.0 Å². The zero-order valence-corrected chi connectivity index (χ0v) is 14.5. The minimum absolute atomic E-state index is 0. The number of nitrogens with one attached hydrogen (secondary N) is 1. The highest BCUT2D eigenvalue weighted by Crippen LogP contribution is 2.18. The van der Waals surface area contributed by atoms with E-state index in [1.54, 1.807) is 0 Å². The molecule has 1 aromatic carbocycles. The number of benzene rings is 1. The summed E-state index contributed by atoms with van der Waals surface area (Å²) < 4.78 is 0. The van der Waals surface area contributed by atoms with E-state index in [9.17, 15) is 9.59 Å². The second-order valence-corrected chi connectivity index (χ2v) is 6.14. The molecular weight excluding hydrogens is 326 g/mol. The number of hydrogen-bond acceptors (Lipinski definition) is 3. The second kappa shape index (κ2) is 8.85. The van der Waals surface area contributed by atoms with Crippen LogP contribution in [0, 0.1) is 0 Å². The highest BCUT2D eigenvalue weighted by Gasteiger charge is 2.31. The Labute approximate surface area is 149 Å². The summed E-state index contributed by atoms with van der Waals surface area (Å²) in [5.41, 5.74) is 1.22. The predicted octanol–water partition coefficient (Wildman–Crippen LogP) is 2.53. The van der Waals surface area contributed by atoms with E-state index in [0.29, 0.717) is 13.0 Å². The van der Waals surface area contributed by atoms with Gasteiger partial charge in [0, 0.05) is 38.6 Å².